The van der Waals surface area contributed by atoms with Gasteiger partial charge < -0.3 is 9.47 Å². The highest BCUT2D eigenvalue weighted by atomic mass is 16.5. The van der Waals surface area contributed by atoms with Crippen LogP contribution < -0.4 is 5.32 Å². The number of rotatable bonds is 11. The fourth-order valence-corrected chi connectivity index (χ4v) is 1.56. The molecule has 18 heavy (non-hydrogen) atoms. The van der Waals surface area contributed by atoms with E-state index in [9.17, 15) is 0 Å². The summed E-state index contributed by atoms with van der Waals surface area (Å²) in [4.78, 5) is 0. The average Bonchev–Trinajstić information content (AvgIpc) is 2.35. The van der Waals surface area contributed by atoms with Crippen LogP contribution in [0.15, 0.2) is 0 Å². The normalized spacial score (nSPS) is 14.4. The number of nitrogens with zero attached hydrogens (tertiary/aromatic N) is 1. The number of nitriles is 1. The molecule has 0 saturated carbocycles. The first kappa shape index (κ1) is 17.4. The monoisotopic (exact) mass is 256 g/mol. The van der Waals surface area contributed by atoms with Crippen LogP contribution in [0.5, 0.6) is 0 Å². The van der Waals surface area contributed by atoms with Gasteiger partial charge in [-0.25, -0.2) is 0 Å². The smallest absolute Gasteiger partial charge is 0.104 e. The quantitative estimate of drug-likeness (QED) is 0.577. The van der Waals surface area contributed by atoms with Gasteiger partial charge in [0.05, 0.1) is 25.4 Å². The predicted molar refractivity (Wildman–Crippen MR) is 73.5 cm³/mol. The van der Waals surface area contributed by atoms with Crippen molar-refractivity contribution in [3.8, 4) is 6.07 Å². The number of nitrogens with one attached hydrogen (secondary N) is 1. The minimum Gasteiger partial charge on any atom is -0.379 e. The maximum absolute atomic E-state index is 9.14. The van der Waals surface area contributed by atoms with E-state index in [2.05, 4.69) is 18.3 Å². The summed E-state index contributed by atoms with van der Waals surface area (Å²) in [5, 5.41) is 12.4. The Morgan fingerprint density at radius 3 is 2.56 bits per heavy atom. The topological polar surface area (TPSA) is 54.3 Å². The zero-order valence-corrected chi connectivity index (χ0v) is 12.3. The van der Waals surface area contributed by atoms with Gasteiger partial charge in [-0.2, -0.15) is 5.26 Å². The van der Waals surface area contributed by atoms with E-state index in [1.54, 1.807) is 0 Å². The molecule has 1 unspecified atom stereocenters. The molecule has 0 amide bonds. The van der Waals surface area contributed by atoms with Gasteiger partial charge in [0, 0.05) is 6.61 Å². The number of ether oxygens (including phenoxy) is 2. The molecule has 0 fully saturated rings. The summed E-state index contributed by atoms with van der Waals surface area (Å²) in [5.74, 6) is 0. The summed E-state index contributed by atoms with van der Waals surface area (Å²) in [7, 11) is 0. The Morgan fingerprint density at radius 1 is 1.28 bits per heavy atom. The average molecular weight is 256 g/mol. The van der Waals surface area contributed by atoms with Crippen LogP contribution in [0.3, 0.4) is 0 Å². The Morgan fingerprint density at radius 2 is 2.00 bits per heavy atom. The van der Waals surface area contributed by atoms with Gasteiger partial charge in [0.15, 0.2) is 0 Å². The summed E-state index contributed by atoms with van der Waals surface area (Å²) in [5.41, 5.74) is -0.423. The Bertz CT molecular complexity index is 238. The summed E-state index contributed by atoms with van der Waals surface area (Å²) in [6, 6.07) is 2.34. The molecule has 0 rings (SSSR count). The van der Waals surface area contributed by atoms with Gasteiger partial charge in [0.2, 0.25) is 0 Å². The molecule has 0 heterocycles. The highest BCUT2D eigenvalue weighted by Gasteiger charge is 2.21. The fourth-order valence-electron chi connectivity index (χ4n) is 1.56. The highest BCUT2D eigenvalue weighted by Crippen LogP contribution is 2.11. The molecule has 1 atom stereocenters. The summed E-state index contributed by atoms with van der Waals surface area (Å²) >= 11 is 0. The molecule has 1 N–H and O–H groups in total. The van der Waals surface area contributed by atoms with E-state index >= 15 is 0 Å². The van der Waals surface area contributed by atoms with Crippen LogP contribution >= 0.6 is 0 Å². The predicted octanol–water partition coefficient (Wildman–Crippen LogP) is 2.49. The van der Waals surface area contributed by atoms with E-state index in [1.807, 2.05) is 20.8 Å². The molecule has 0 spiro atoms. The molecule has 0 aromatic rings. The zero-order chi connectivity index (χ0) is 13.9. The lowest BCUT2D eigenvalue weighted by Crippen LogP contribution is -2.41. The van der Waals surface area contributed by atoms with Gasteiger partial charge in [-0.15, -0.1) is 0 Å². The standard InChI is InChI=1S/C14H28N2O2/c1-5-8-16-14(4,12-15)7-6-9-17-10-11-18-13(2)3/h13,16H,5-11H2,1-4H3. The van der Waals surface area contributed by atoms with E-state index in [4.69, 9.17) is 14.7 Å². The molecule has 0 aromatic carbocycles. The van der Waals surface area contributed by atoms with Crippen molar-refractivity contribution in [3.05, 3.63) is 0 Å². The third-order valence-corrected chi connectivity index (χ3v) is 2.66. The van der Waals surface area contributed by atoms with Crippen molar-refractivity contribution in [2.75, 3.05) is 26.4 Å². The first-order valence-electron chi connectivity index (χ1n) is 6.89. The first-order chi connectivity index (χ1) is 8.54. The Hall–Kier alpha value is -0.630. The van der Waals surface area contributed by atoms with Crippen molar-refractivity contribution in [3.63, 3.8) is 0 Å². The van der Waals surface area contributed by atoms with Crippen LogP contribution in [-0.2, 0) is 9.47 Å². The van der Waals surface area contributed by atoms with Gasteiger partial charge in [-0.1, -0.05) is 6.92 Å². The van der Waals surface area contributed by atoms with E-state index in [1.165, 1.54) is 0 Å². The minimum atomic E-state index is -0.423. The van der Waals surface area contributed by atoms with Crippen molar-refractivity contribution in [2.24, 2.45) is 0 Å². The summed E-state index contributed by atoms with van der Waals surface area (Å²) in [6.45, 7) is 10.9. The fraction of sp³-hybridized carbons (Fsp3) is 0.929. The van der Waals surface area contributed by atoms with Gasteiger partial charge in [0.1, 0.15) is 5.54 Å². The van der Waals surface area contributed by atoms with Gasteiger partial charge in [-0.3, -0.25) is 5.32 Å². The third-order valence-electron chi connectivity index (χ3n) is 2.66. The van der Waals surface area contributed by atoms with Crippen molar-refractivity contribution >= 4 is 0 Å². The molecule has 0 aliphatic rings. The maximum Gasteiger partial charge on any atom is 0.104 e. The van der Waals surface area contributed by atoms with Crippen LogP contribution in [0, 0.1) is 11.3 Å². The highest BCUT2D eigenvalue weighted by molar-refractivity contribution is 5.03. The van der Waals surface area contributed by atoms with Crippen LogP contribution in [0.1, 0.15) is 47.0 Å². The lowest BCUT2D eigenvalue weighted by molar-refractivity contribution is 0.0180. The molecular formula is C14H28N2O2. The number of hydrogen-bond acceptors (Lipinski definition) is 4. The minimum absolute atomic E-state index is 0.258. The second kappa shape index (κ2) is 10.3. The van der Waals surface area contributed by atoms with E-state index in [0.717, 1.165) is 25.8 Å². The van der Waals surface area contributed by atoms with E-state index in [0.29, 0.717) is 19.8 Å². The molecular weight excluding hydrogens is 228 g/mol. The molecule has 4 nitrogen and oxygen atoms in total. The van der Waals surface area contributed by atoms with Gasteiger partial charge in [0.25, 0.3) is 0 Å². The largest absolute Gasteiger partial charge is 0.379 e. The molecule has 0 saturated heterocycles. The van der Waals surface area contributed by atoms with Crippen LogP contribution in [0.25, 0.3) is 0 Å². The molecule has 0 radical (unpaired) electrons. The zero-order valence-electron chi connectivity index (χ0n) is 12.3. The Labute approximate surface area is 112 Å². The molecule has 0 aromatic heterocycles. The van der Waals surface area contributed by atoms with Crippen molar-refractivity contribution < 1.29 is 9.47 Å². The summed E-state index contributed by atoms with van der Waals surface area (Å²) in [6.07, 6.45) is 3.01. The second-order valence-corrected chi connectivity index (χ2v) is 5.01. The van der Waals surface area contributed by atoms with E-state index in [-0.39, 0.29) is 6.10 Å². The third kappa shape index (κ3) is 9.41. The van der Waals surface area contributed by atoms with Gasteiger partial charge in [-0.05, 0) is 46.6 Å². The molecule has 4 heteroatoms. The molecule has 0 bridgehead atoms. The molecule has 0 aliphatic heterocycles. The van der Waals surface area contributed by atoms with Crippen LogP contribution in [-0.4, -0.2) is 38.0 Å². The first-order valence-corrected chi connectivity index (χ1v) is 6.89. The molecule has 106 valence electrons. The van der Waals surface area contributed by atoms with Gasteiger partial charge >= 0.3 is 0 Å². The maximum atomic E-state index is 9.14. The summed E-state index contributed by atoms with van der Waals surface area (Å²) < 4.78 is 10.8. The van der Waals surface area contributed by atoms with Crippen molar-refractivity contribution in [2.45, 2.75) is 58.6 Å². The van der Waals surface area contributed by atoms with Crippen molar-refractivity contribution in [1.82, 2.24) is 5.32 Å². The van der Waals surface area contributed by atoms with E-state index < -0.39 is 5.54 Å². The van der Waals surface area contributed by atoms with Crippen LogP contribution in [0.2, 0.25) is 0 Å². The second-order valence-electron chi connectivity index (χ2n) is 5.01. The molecule has 0 aliphatic carbocycles. The lowest BCUT2D eigenvalue weighted by atomic mass is 9.98. The number of hydrogen-bond donors (Lipinski definition) is 1. The Kier molecular flexibility index (Phi) is 9.95. The Balaban J connectivity index is 3.54. The SMILES string of the molecule is CCCNC(C)(C#N)CCCOCCOC(C)C. The van der Waals surface area contributed by atoms with Crippen LogP contribution in [0.4, 0.5) is 0 Å². The van der Waals surface area contributed by atoms with Crippen molar-refractivity contribution in [1.29, 1.82) is 5.26 Å². The lowest BCUT2D eigenvalue weighted by Gasteiger charge is -2.22.